The molecule has 27 heavy (non-hydrogen) atoms. The molecule has 0 radical (unpaired) electrons. The second-order valence-electron chi connectivity index (χ2n) is 5.49. The Hall–Kier alpha value is -2.57. The standard InChI is InChI=1S/C19H17Cl2NO5/c1-26-14-4-2-3-12(9-14)17(23)11-27-19(25)8-7-18(24)22-16-6-5-13(20)10-15(16)21/h2-6,9-10H,7-8,11H2,1H3,(H,22,24). The summed E-state index contributed by atoms with van der Waals surface area (Å²) in [5, 5.41) is 3.32. The van der Waals surface area contributed by atoms with Crippen molar-refractivity contribution in [3.05, 3.63) is 58.1 Å². The summed E-state index contributed by atoms with van der Waals surface area (Å²) in [6, 6.07) is 11.2. The van der Waals surface area contributed by atoms with Crippen molar-refractivity contribution >= 4 is 46.5 Å². The molecular formula is C19H17Cl2NO5. The molecule has 2 aromatic carbocycles. The van der Waals surface area contributed by atoms with Crippen LogP contribution in [0.25, 0.3) is 0 Å². The zero-order valence-electron chi connectivity index (χ0n) is 14.5. The van der Waals surface area contributed by atoms with E-state index in [9.17, 15) is 14.4 Å². The summed E-state index contributed by atoms with van der Waals surface area (Å²) in [5.74, 6) is -0.886. The Kier molecular flexibility index (Phi) is 7.64. The van der Waals surface area contributed by atoms with Gasteiger partial charge in [-0.2, -0.15) is 0 Å². The number of anilines is 1. The number of Topliss-reactive ketones (excluding diaryl/α,β-unsaturated/α-hetero) is 1. The molecule has 1 amide bonds. The molecule has 0 heterocycles. The quantitative estimate of drug-likeness (QED) is 0.523. The summed E-state index contributed by atoms with van der Waals surface area (Å²) in [4.78, 5) is 35.7. The van der Waals surface area contributed by atoms with Gasteiger partial charge < -0.3 is 14.8 Å². The summed E-state index contributed by atoms with van der Waals surface area (Å²) in [6.45, 7) is -0.406. The van der Waals surface area contributed by atoms with Crippen molar-refractivity contribution in [2.75, 3.05) is 19.0 Å². The largest absolute Gasteiger partial charge is 0.497 e. The fraction of sp³-hybridized carbons (Fsp3) is 0.211. The fourth-order valence-corrected chi connectivity index (χ4v) is 2.57. The lowest BCUT2D eigenvalue weighted by atomic mass is 10.1. The maximum absolute atomic E-state index is 12.0. The number of methoxy groups -OCH3 is 1. The van der Waals surface area contributed by atoms with Gasteiger partial charge in [0.2, 0.25) is 5.91 Å². The van der Waals surface area contributed by atoms with Gasteiger partial charge in [0.25, 0.3) is 0 Å². The normalized spacial score (nSPS) is 10.2. The molecule has 0 unspecified atom stereocenters. The van der Waals surface area contributed by atoms with Crippen LogP contribution >= 0.6 is 23.2 Å². The van der Waals surface area contributed by atoms with Crippen molar-refractivity contribution in [1.29, 1.82) is 0 Å². The molecule has 0 atom stereocenters. The molecule has 0 aliphatic rings. The van der Waals surface area contributed by atoms with E-state index in [2.05, 4.69) is 5.32 Å². The molecule has 2 rings (SSSR count). The SMILES string of the molecule is COc1cccc(C(=O)COC(=O)CCC(=O)Nc2ccc(Cl)cc2Cl)c1. The van der Waals surface area contributed by atoms with E-state index >= 15 is 0 Å². The summed E-state index contributed by atoms with van der Waals surface area (Å²) >= 11 is 11.7. The summed E-state index contributed by atoms with van der Waals surface area (Å²) in [5.41, 5.74) is 0.768. The van der Waals surface area contributed by atoms with Crippen molar-refractivity contribution < 1.29 is 23.9 Å². The molecule has 0 saturated carbocycles. The van der Waals surface area contributed by atoms with Gasteiger partial charge in [-0.3, -0.25) is 14.4 Å². The predicted octanol–water partition coefficient (Wildman–Crippen LogP) is 4.15. The number of amides is 1. The van der Waals surface area contributed by atoms with Gasteiger partial charge in [0.15, 0.2) is 12.4 Å². The number of benzene rings is 2. The molecule has 142 valence electrons. The van der Waals surface area contributed by atoms with Gasteiger partial charge >= 0.3 is 5.97 Å². The third kappa shape index (κ3) is 6.58. The van der Waals surface area contributed by atoms with Crippen LogP contribution in [0.2, 0.25) is 10.0 Å². The minimum absolute atomic E-state index is 0.106. The average Bonchev–Trinajstić information content (AvgIpc) is 2.66. The highest BCUT2D eigenvalue weighted by atomic mass is 35.5. The number of ether oxygens (including phenoxy) is 2. The second kappa shape index (κ2) is 9.94. The lowest BCUT2D eigenvalue weighted by Gasteiger charge is -2.08. The molecule has 8 heteroatoms. The van der Waals surface area contributed by atoms with E-state index in [1.807, 2.05) is 0 Å². The number of hydrogen-bond acceptors (Lipinski definition) is 5. The number of carbonyl (C=O) groups is 3. The second-order valence-corrected chi connectivity index (χ2v) is 6.33. The lowest BCUT2D eigenvalue weighted by Crippen LogP contribution is -2.17. The van der Waals surface area contributed by atoms with Crippen molar-refractivity contribution in [2.45, 2.75) is 12.8 Å². The third-order valence-electron chi connectivity index (χ3n) is 3.52. The molecule has 1 N–H and O–H groups in total. The summed E-state index contributed by atoms with van der Waals surface area (Å²) < 4.78 is 9.96. The molecule has 0 aliphatic carbocycles. The molecule has 0 saturated heterocycles. The zero-order valence-corrected chi connectivity index (χ0v) is 16.0. The number of esters is 1. The van der Waals surface area contributed by atoms with Crippen LogP contribution in [0, 0.1) is 0 Å². The molecule has 0 bridgehead atoms. The first-order valence-electron chi connectivity index (χ1n) is 7.97. The zero-order chi connectivity index (χ0) is 19.8. The Morgan fingerprint density at radius 2 is 1.81 bits per heavy atom. The molecule has 2 aromatic rings. The van der Waals surface area contributed by atoms with Gasteiger partial charge in [-0.05, 0) is 30.3 Å². The summed E-state index contributed by atoms with van der Waals surface area (Å²) in [6.07, 6.45) is -0.270. The van der Waals surface area contributed by atoms with Crippen LogP contribution in [0.5, 0.6) is 5.75 Å². The number of ketones is 1. The number of nitrogens with one attached hydrogen (secondary N) is 1. The first kappa shape index (κ1) is 20.7. The minimum Gasteiger partial charge on any atom is -0.497 e. The Morgan fingerprint density at radius 1 is 1.04 bits per heavy atom. The fourth-order valence-electron chi connectivity index (χ4n) is 2.12. The van der Waals surface area contributed by atoms with Crippen molar-refractivity contribution in [2.24, 2.45) is 0 Å². The first-order valence-corrected chi connectivity index (χ1v) is 8.72. The lowest BCUT2D eigenvalue weighted by molar-refractivity contribution is -0.143. The number of rotatable bonds is 8. The topological polar surface area (TPSA) is 81.7 Å². The molecule has 0 aliphatic heterocycles. The molecule has 0 fully saturated rings. The van der Waals surface area contributed by atoms with Gasteiger partial charge in [-0.25, -0.2) is 0 Å². The molecule has 6 nitrogen and oxygen atoms in total. The monoisotopic (exact) mass is 409 g/mol. The maximum atomic E-state index is 12.0. The first-order chi connectivity index (χ1) is 12.9. The van der Waals surface area contributed by atoms with Gasteiger partial charge in [0.1, 0.15) is 5.75 Å². The smallest absolute Gasteiger partial charge is 0.306 e. The van der Waals surface area contributed by atoms with Gasteiger partial charge in [-0.15, -0.1) is 0 Å². The van der Waals surface area contributed by atoms with Crippen LogP contribution in [0.1, 0.15) is 23.2 Å². The van der Waals surface area contributed by atoms with Gasteiger partial charge in [-0.1, -0.05) is 35.3 Å². The number of halogens is 2. The van der Waals surface area contributed by atoms with E-state index in [1.165, 1.54) is 13.2 Å². The number of hydrogen-bond donors (Lipinski definition) is 1. The highest BCUT2D eigenvalue weighted by Crippen LogP contribution is 2.25. The van der Waals surface area contributed by atoms with Crippen LogP contribution in [-0.2, 0) is 14.3 Å². The van der Waals surface area contributed by atoms with Crippen LogP contribution in [0.3, 0.4) is 0 Å². The predicted molar refractivity (Wildman–Crippen MR) is 103 cm³/mol. The van der Waals surface area contributed by atoms with E-state index < -0.39 is 18.5 Å². The van der Waals surface area contributed by atoms with E-state index in [0.29, 0.717) is 27.0 Å². The van der Waals surface area contributed by atoms with Crippen LogP contribution in [-0.4, -0.2) is 31.4 Å². The Bertz CT molecular complexity index is 854. The van der Waals surface area contributed by atoms with E-state index in [-0.39, 0.29) is 18.6 Å². The summed E-state index contributed by atoms with van der Waals surface area (Å²) in [7, 11) is 1.49. The van der Waals surface area contributed by atoms with Crippen LogP contribution < -0.4 is 10.1 Å². The number of carbonyl (C=O) groups excluding carboxylic acids is 3. The molecular weight excluding hydrogens is 393 g/mol. The van der Waals surface area contributed by atoms with E-state index in [0.717, 1.165) is 0 Å². The minimum atomic E-state index is -0.649. The van der Waals surface area contributed by atoms with Gasteiger partial charge in [0, 0.05) is 17.0 Å². The van der Waals surface area contributed by atoms with E-state index in [4.69, 9.17) is 32.7 Å². The Labute approximate surface area is 166 Å². The average molecular weight is 410 g/mol. The molecule has 0 spiro atoms. The molecule has 0 aromatic heterocycles. The van der Waals surface area contributed by atoms with Crippen LogP contribution in [0.4, 0.5) is 5.69 Å². The van der Waals surface area contributed by atoms with Crippen molar-refractivity contribution in [3.63, 3.8) is 0 Å². The maximum Gasteiger partial charge on any atom is 0.306 e. The van der Waals surface area contributed by atoms with Crippen molar-refractivity contribution in [1.82, 2.24) is 0 Å². The van der Waals surface area contributed by atoms with E-state index in [1.54, 1.807) is 36.4 Å². The Morgan fingerprint density at radius 3 is 2.52 bits per heavy atom. The third-order valence-corrected chi connectivity index (χ3v) is 4.07. The van der Waals surface area contributed by atoms with Crippen molar-refractivity contribution in [3.8, 4) is 5.75 Å². The Balaban J connectivity index is 1.76. The highest BCUT2D eigenvalue weighted by Gasteiger charge is 2.13. The highest BCUT2D eigenvalue weighted by molar-refractivity contribution is 6.36. The van der Waals surface area contributed by atoms with Gasteiger partial charge in [0.05, 0.1) is 24.2 Å². The van der Waals surface area contributed by atoms with Crippen LogP contribution in [0.15, 0.2) is 42.5 Å².